The van der Waals surface area contributed by atoms with E-state index in [2.05, 4.69) is 35.2 Å². The molecule has 3 aromatic rings. The summed E-state index contributed by atoms with van der Waals surface area (Å²) in [5, 5.41) is 16.8. The first-order chi connectivity index (χ1) is 12.2. The van der Waals surface area contributed by atoms with E-state index in [9.17, 15) is 0 Å². The summed E-state index contributed by atoms with van der Waals surface area (Å²) in [5.74, 6) is 2.96. The van der Waals surface area contributed by atoms with Crippen molar-refractivity contribution in [3.05, 3.63) is 41.8 Å². The highest BCUT2D eigenvalue weighted by Gasteiger charge is 2.20. The number of nitrogens with zero attached hydrogens (tertiary/aromatic N) is 8. The van der Waals surface area contributed by atoms with Crippen molar-refractivity contribution in [2.24, 2.45) is 0 Å². The van der Waals surface area contributed by atoms with Crippen LogP contribution in [0.15, 0.2) is 28.9 Å². The van der Waals surface area contributed by atoms with Crippen LogP contribution in [0.2, 0.25) is 0 Å². The molecule has 0 saturated carbocycles. The van der Waals surface area contributed by atoms with Crippen LogP contribution >= 0.6 is 0 Å². The molecule has 4 heterocycles. The van der Waals surface area contributed by atoms with E-state index in [4.69, 9.17) is 4.52 Å². The van der Waals surface area contributed by atoms with Crippen LogP contribution in [0.1, 0.15) is 17.4 Å². The summed E-state index contributed by atoms with van der Waals surface area (Å²) in [6.45, 7) is 8.10. The largest absolute Gasteiger partial charge is 0.353 e. The Morgan fingerprint density at radius 1 is 1.00 bits per heavy atom. The third-order valence-corrected chi connectivity index (χ3v) is 4.22. The van der Waals surface area contributed by atoms with Crippen molar-refractivity contribution >= 4 is 5.82 Å². The van der Waals surface area contributed by atoms with Gasteiger partial charge >= 0.3 is 0 Å². The summed E-state index contributed by atoms with van der Waals surface area (Å²) in [6.07, 6.45) is 1.89. The monoisotopic (exact) mass is 340 g/mol. The van der Waals surface area contributed by atoms with Crippen molar-refractivity contribution < 1.29 is 4.52 Å². The van der Waals surface area contributed by atoms with Gasteiger partial charge in [-0.25, -0.2) is 4.68 Å². The third-order valence-electron chi connectivity index (χ3n) is 4.22. The molecule has 0 atom stereocenters. The van der Waals surface area contributed by atoms with Gasteiger partial charge in [0.2, 0.25) is 5.89 Å². The molecule has 0 bridgehead atoms. The van der Waals surface area contributed by atoms with Gasteiger partial charge in [-0.1, -0.05) is 5.16 Å². The summed E-state index contributed by atoms with van der Waals surface area (Å²) in [5.41, 5.74) is 0.957. The summed E-state index contributed by atoms with van der Waals surface area (Å²) in [4.78, 5) is 8.80. The van der Waals surface area contributed by atoms with Crippen LogP contribution in [0.25, 0.3) is 5.82 Å². The standard InChI is InChI=1S/C16H20N8O/c1-12-5-6-24(20-12)15-4-3-14(18-19-15)23-9-7-22(8-10-23)11-16-17-13(2)21-25-16/h3-6H,7-11H2,1-2H3. The first kappa shape index (κ1) is 15.7. The highest BCUT2D eigenvalue weighted by atomic mass is 16.5. The number of piperazine rings is 1. The first-order valence-corrected chi connectivity index (χ1v) is 8.30. The van der Waals surface area contributed by atoms with Crippen molar-refractivity contribution in [3.8, 4) is 5.82 Å². The number of anilines is 1. The molecule has 4 rings (SSSR count). The minimum atomic E-state index is 0.671. The summed E-state index contributed by atoms with van der Waals surface area (Å²) in [7, 11) is 0. The molecule has 0 amide bonds. The average molecular weight is 340 g/mol. The molecular weight excluding hydrogens is 320 g/mol. The van der Waals surface area contributed by atoms with E-state index in [-0.39, 0.29) is 0 Å². The topological polar surface area (TPSA) is 89.0 Å². The van der Waals surface area contributed by atoms with Crippen molar-refractivity contribution in [3.63, 3.8) is 0 Å². The van der Waals surface area contributed by atoms with Crippen LogP contribution in [0.5, 0.6) is 0 Å². The molecule has 0 N–H and O–H groups in total. The molecule has 3 aromatic heterocycles. The molecule has 130 valence electrons. The zero-order valence-corrected chi connectivity index (χ0v) is 14.3. The Balaban J connectivity index is 1.36. The van der Waals surface area contributed by atoms with Gasteiger partial charge in [0.05, 0.1) is 12.2 Å². The van der Waals surface area contributed by atoms with Crippen molar-refractivity contribution in [1.29, 1.82) is 0 Å². The van der Waals surface area contributed by atoms with Gasteiger partial charge in [-0.05, 0) is 32.0 Å². The zero-order valence-electron chi connectivity index (χ0n) is 14.3. The number of aromatic nitrogens is 6. The lowest BCUT2D eigenvalue weighted by Gasteiger charge is -2.34. The summed E-state index contributed by atoms with van der Waals surface area (Å²) >= 11 is 0. The Morgan fingerprint density at radius 3 is 2.36 bits per heavy atom. The lowest BCUT2D eigenvalue weighted by atomic mass is 10.3. The van der Waals surface area contributed by atoms with E-state index < -0.39 is 0 Å². The van der Waals surface area contributed by atoms with Crippen LogP contribution in [0, 0.1) is 13.8 Å². The van der Waals surface area contributed by atoms with Gasteiger partial charge in [0.1, 0.15) is 0 Å². The third kappa shape index (κ3) is 3.50. The molecule has 0 unspecified atom stereocenters. The van der Waals surface area contributed by atoms with E-state index in [1.165, 1.54) is 0 Å². The molecular formula is C16H20N8O. The van der Waals surface area contributed by atoms with Crippen LogP contribution in [0.3, 0.4) is 0 Å². The molecule has 25 heavy (non-hydrogen) atoms. The Labute approximate surface area is 145 Å². The lowest BCUT2D eigenvalue weighted by molar-refractivity contribution is 0.215. The summed E-state index contributed by atoms with van der Waals surface area (Å²) < 4.78 is 6.92. The molecule has 0 aromatic carbocycles. The van der Waals surface area contributed by atoms with Gasteiger partial charge in [-0.15, -0.1) is 10.2 Å². The van der Waals surface area contributed by atoms with Crippen molar-refractivity contribution in [2.45, 2.75) is 20.4 Å². The smallest absolute Gasteiger partial charge is 0.240 e. The zero-order chi connectivity index (χ0) is 17.2. The van der Waals surface area contributed by atoms with Crippen molar-refractivity contribution in [1.82, 2.24) is 35.0 Å². The SMILES string of the molecule is Cc1ccn(-c2ccc(N3CCN(Cc4nc(C)no4)CC3)nn2)n1. The second-order valence-electron chi connectivity index (χ2n) is 6.15. The van der Waals surface area contributed by atoms with E-state index in [0.29, 0.717) is 18.3 Å². The quantitative estimate of drug-likeness (QED) is 0.694. The Kier molecular flexibility index (Phi) is 4.14. The van der Waals surface area contributed by atoms with Crippen LogP contribution in [0.4, 0.5) is 5.82 Å². The molecule has 1 aliphatic heterocycles. The van der Waals surface area contributed by atoms with Gasteiger partial charge < -0.3 is 9.42 Å². The van der Waals surface area contributed by atoms with E-state index in [1.54, 1.807) is 4.68 Å². The molecule has 9 nitrogen and oxygen atoms in total. The number of rotatable bonds is 4. The van der Waals surface area contributed by atoms with Gasteiger partial charge in [0.15, 0.2) is 17.5 Å². The number of aryl methyl sites for hydroxylation is 2. The van der Waals surface area contributed by atoms with E-state index in [0.717, 1.165) is 43.5 Å². The predicted molar refractivity (Wildman–Crippen MR) is 90.4 cm³/mol. The fourth-order valence-electron chi connectivity index (χ4n) is 2.88. The fraction of sp³-hybridized carbons (Fsp3) is 0.438. The predicted octanol–water partition coefficient (Wildman–Crippen LogP) is 0.984. The van der Waals surface area contributed by atoms with Gasteiger partial charge in [-0.3, -0.25) is 4.90 Å². The number of hydrogen-bond donors (Lipinski definition) is 0. The summed E-state index contributed by atoms with van der Waals surface area (Å²) in [6, 6.07) is 5.89. The maximum absolute atomic E-state index is 5.19. The fourth-order valence-corrected chi connectivity index (χ4v) is 2.88. The molecule has 9 heteroatoms. The molecule has 0 radical (unpaired) electrons. The average Bonchev–Trinajstić information content (AvgIpc) is 3.24. The number of hydrogen-bond acceptors (Lipinski definition) is 8. The second kappa shape index (κ2) is 6.60. The highest BCUT2D eigenvalue weighted by molar-refractivity contribution is 5.40. The van der Waals surface area contributed by atoms with Gasteiger partial charge in [-0.2, -0.15) is 10.1 Å². The maximum atomic E-state index is 5.19. The minimum absolute atomic E-state index is 0.671. The molecule has 1 saturated heterocycles. The van der Waals surface area contributed by atoms with E-state index >= 15 is 0 Å². The Bertz CT molecular complexity index is 832. The molecule has 1 fully saturated rings. The van der Waals surface area contributed by atoms with Gasteiger partial charge in [0, 0.05) is 32.4 Å². The maximum Gasteiger partial charge on any atom is 0.240 e. The van der Waals surface area contributed by atoms with Crippen molar-refractivity contribution in [2.75, 3.05) is 31.1 Å². The molecule has 0 spiro atoms. The Morgan fingerprint density at radius 2 is 1.76 bits per heavy atom. The minimum Gasteiger partial charge on any atom is -0.353 e. The lowest BCUT2D eigenvalue weighted by Crippen LogP contribution is -2.46. The highest BCUT2D eigenvalue weighted by Crippen LogP contribution is 2.15. The molecule has 1 aliphatic rings. The Hall–Kier alpha value is -2.81. The van der Waals surface area contributed by atoms with Crippen LogP contribution in [-0.2, 0) is 6.54 Å². The normalized spacial score (nSPS) is 15.7. The molecule has 0 aliphatic carbocycles. The van der Waals surface area contributed by atoms with Gasteiger partial charge in [0.25, 0.3) is 0 Å². The van der Waals surface area contributed by atoms with Crippen LogP contribution in [-0.4, -0.2) is 61.2 Å². The van der Waals surface area contributed by atoms with Crippen LogP contribution < -0.4 is 4.90 Å². The first-order valence-electron chi connectivity index (χ1n) is 8.30. The second-order valence-corrected chi connectivity index (χ2v) is 6.15. The van der Waals surface area contributed by atoms with E-state index in [1.807, 2.05) is 38.2 Å².